The van der Waals surface area contributed by atoms with E-state index in [1.54, 1.807) is 6.92 Å². The molecule has 0 unspecified atom stereocenters. The molecule has 1 aromatic rings. The van der Waals surface area contributed by atoms with Crippen LogP contribution in [0.15, 0.2) is 12.3 Å². The molecule has 1 amide bonds. The number of aromatic nitrogens is 3. The van der Waals surface area contributed by atoms with Gasteiger partial charge in [0.2, 0.25) is 0 Å². The quantitative estimate of drug-likeness (QED) is 0.788. The van der Waals surface area contributed by atoms with E-state index in [1.807, 2.05) is 20.8 Å². The van der Waals surface area contributed by atoms with Crippen LogP contribution in [0.1, 0.15) is 39.3 Å². The van der Waals surface area contributed by atoms with Gasteiger partial charge in [0.15, 0.2) is 5.82 Å². The minimum Gasteiger partial charge on any atom is -0.416 e. The Bertz CT molecular complexity index is 417. The van der Waals surface area contributed by atoms with Crippen LogP contribution in [-0.4, -0.2) is 21.3 Å². The monoisotopic (exact) mass is 238 g/mol. The number of aromatic amines is 1. The summed E-state index contributed by atoms with van der Waals surface area (Å²) in [7, 11) is 0. The summed E-state index contributed by atoms with van der Waals surface area (Å²) in [5.74, 6) is 1.65. The highest BCUT2D eigenvalue weighted by molar-refractivity contribution is 5.68. The SMILES string of the molecule is C=C(C)OC(=O)NCc1nc(C(C)(C)C)n[nH]1. The highest BCUT2D eigenvalue weighted by Gasteiger charge is 2.19. The van der Waals surface area contributed by atoms with Gasteiger partial charge in [-0.1, -0.05) is 27.4 Å². The zero-order valence-electron chi connectivity index (χ0n) is 10.6. The third kappa shape index (κ3) is 4.26. The molecular weight excluding hydrogens is 220 g/mol. The summed E-state index contributed by atoms with van der Waals surface area (Å²) in [6, 6.07) is 0. The van der Waals surface area contributed by atoms with E-state index in [0.29, 0.717) is 17.4 Å². The maximum absolute atomic E-state index is 11.2. The number of alkyl carbamates (subject to hydrolysis) is 1. The zero-order valence-corrected chi connectivity index (χ0v) is 10.6. The van der Waals surface area contributed by atoms with Gasteiger partial charge in [0.05, 0.1) is 12.3 Å². The molecule has 2 N–H and O–H groups in total. The Morgan fingerprint density at radius 3 is 2.65 bits per heavy atom. The van der Waals surface area contributed by atoms with Gasteiger partial charge in [0, 0.05) is 5.41 Å². The van der Waals surface area contributed by atoms with E-state index in [0.717, 1.165) is 0 Å². The van der Waals surface area contributed by atoms with Crippen molar-refractivity contribution in [2.24, 2.45) is 0 Å². The number of carbonyl (C=O) groups excluding carboxylic acids is 1. The van der Waals surface area contributed by atoms with Gasteiger partial charge in [-0.05, 0) is 6.92 Å². The number of nitrogens with one attached hydrogen (secondary N) is 2. The zero-order chi connectivity index (χ0) is 13.1. The van der Waals surface area contributed by atoms with Gasteiger partial charge >= 0.3 is 6.09 Å². The smallest absolute Gasteiger partial charge is 0.412 e. The van der Waals surface area contributed by atoms with Gasteiger partial charge in [0.1, 0.15) is 5.82 Å². The Morgan fingerprint density at radius 1 is 1.53 bits per heavy atom. The molecule has 0 radical (unpaired) electrons. The minimum absolute atomic E-state index is 0.118. The fourth-order valence-electron chi connectivity index (χ4n) is 1.06. The van der Waals surface area contributed by atoms with Crippen molar-refractivity contribution in [2.75, 3.05) is 0 Å². The second kappa shape index (κ2) is 4.99. The third-order valence-corrected chi connectivity index (χ3v) is 1.87. The maximum atomic E-state index is 11.2. The molecule has 6 nitrogen and oxygen atoms in total. The van der Waals surface area contributed by atoms with E-state index >= 15 is 0 Å². The number of allylic oxidation sites excluding steroid dienone is 1. The molecule has 0 saturated heterocycles. The number of amides is 1. The first-order valence-electron chi connectivity index (χ1n) is 5.32. The first kappa shape index (κ1) is 13.2. The minimum atomic E-state index is -0.550. The fourth-order valence-corrected chi connectivity index (χ4v) is 1.06. The summed E-state index contributed by atoms with van der Waals surface area (Å²) in [4.78, 5) is 15.4. The van der Waals surface area contributed by atoms with Crippen molar-refractivity contribution in [1.29, 1.82) is 0 Å². The molecule has 6 heteroatoms. The Kier molecular flexibility index (Phi) is 3.88. The lowest BCUT2D eigenvalue weighted by atomic mass is 9.96. The average molecular weight is 238 g/mol. The number of carbonyl (C=O) groups is 1. The molecule has 0 bridgehead atoms. The summed E-state index contributed by atoms with van der Waals surface area (Å²) in [6.07, 6.45) is -0.550. The number of H-pyrrole nitrogens is 1. The summed E-state index contributed by atoms with van der Waals surface area (Å²) in [5, 5.41) is 9.39. The molecule has 0 atom stereocenters. The van der Waals surface area contributed by atoms with Gasteiger partial charge < -0.3 is 10.1 Å². The molecule has 0 aliphatic carbocycles. The van der Waals surface area contributed by atoms with Crippen LogP contribution in [0.2, 0.25) is 0 Å². The van der Waals surface area contributed by atoms with Crippen molar-refractivity contribution in [2.45, 2.75) is 39.7 Å². The summed E-state index contributed by atoms with van der Waals surface area (Å²) in [6.45, 7) is 11.4. The molecule has 0 saturated carbocycles. The van der Waals surface area contributed by atoms with Crippen LogP contribution in [0, 0.1) is 0 Å². The molecule has 0 aliphatic heterocycles. The van der Waals surface area contributed by atoms with Crippen molar-refractivity contribution >= 4 is 6.09 Å². The van der Waals surface area contributed by atoms with E-state index in [-0.39, 0.29) is 12.0 Å². The topological polar surface area (TPSA) is 79.9 Å². The predicted molar refractivity (Wildman–Crippen MR) is 63.2 cm³/mol. The summed E-state index contributed by atoms with van der Waals surface area (Å²) >= 11 is 0. The Balaban J connectivity index is 2.51. The van der Waals surface area contributed by atoms with Gasteiger partial charge in [-0.25, -0.2) is 9.78 Å². The van der Waals surface area contributed by atoms with Gasteiger partial charge in [-0.3, -0.25) is 5.10 Å². The Labute approximate surface area is 100 Å². The van der Waals surface area contributed by atoms with E-state index < -0.39 is 6.09 Å². The maximum Gasteiger partial charge on any atom is 0.412 e. The molecule has 1 aromatic heterocycles. The molecule has 1 rings (SSSR count). The molecule has 94 valence electrons. The average Bonchev–Trinajstić information content (AvgIpc) is 2.61. The molecule has 0 aromatic carbocycles. The summed E-state index contributed by atoms with van der Waals surface area (Å²) in [5.41, 5.74) is -0.118. The third-order valence-electron chi connectivity index (χ3n) is 1.87. The Morgan fingerprint density at radius 2 is 2.18 bits per heavy atom. The first-order chi connectivity index (χ1) is 7.79. The van der Waals surface area contributed by atoms with Crippen LogP contribution in [0.3, 0.4) is 0 Å². The first-order valence-corrected chi connectivity index (χ1v) is 5.32. The van der Waals surface area contributed by atoms with E-state index in [2.05, 4.69) is 27.1 Å². The highest BCUT2D eigenvalue weighted by Crippen LogP contribution is 2.17. The molecule has 0 aliphatic rings. The van der Waals surface area contributed by atoms with Crippen LogP contribution >= 0.6 is 0 Å². The van der Waals surface area contributed by atoms with Crippen LogP contribution < -0.4 is 5.32 Å². The lowest BCUT2D eigenvalue weighted by molar-refractivity contribution is 0.176. The highest BCUT2D eigenvalue weighted by atomic mass is 16.6. The van der Waals surface area contributed by atoms with Crippen molar-refractivity contribution < 1.29 is 9.53 Å². The van der Waals surface area contributed by atoms with Crippen molar-refractivity contribution in [3.05, 3.63) is 24.0 Å². The molecule has 1 heterocycles. The largest absolute Gasteiger partial charge is 0.416 e. The standard InChI is InChI=1S/C11H18N4O2/c1-7(2)17-10(16)12-6-8-13-9(15-14-8)11(3,4)5/h1,6H2,2-5H3,(H,12,16)(H,13,14,15). The van der Waals surface area contributed by atoms with Gasteiger partial charge in [-0.2, -0.15) is 5.10 Å². The lowest BCUT2D eigenvalue weighted by Gasteiger charge is -2.11. The predicted octanol–water partition coefficient (Wildman–Crippen LogP) is 1.86. The molecule has 17 heavy (non-hydrogen) atoms. The molecular formula is C11H18N4O2. The fraction of sp³-hybridized carbons (Fsp3) is 0.545. The van der Waals surface area contributed by atoms with Gasteiger partial charge in [-0.15, -0.1) is 0 Å². The Hall–Kier alpha value is -1.85. The van der Waals surface area contributed by atoms with Crippen LogP contribution in [-0.2, 0) is 16.7 Å². The lowest BCUT2D eigenvalue weighted by Crippen LogP contribution is -2.23. The number of nitrogens with zero attached hydrogens (tertiary/aromatic N) is 2. The van der Waals surface area contributed by atoms with E-state index in [9.17, 15) is 4.79 Å². The number of hydrogen-bond acceptors (Lipinski definition) is 4. The van der Waals surface area contributed by atoms with E-state index in [4.69, 9.17) is 4.74 Å². The van der Waals surface area contributed by atoms with Gasteiger partial charge in [0.25, 0.3) is 0 Å². The molecule has 0 spiro atoms. The second-order valence-corrected chi connectivity index (χ2v) is 4.80. The molecule has 0 fully saturated rings. The van der Waals surface area contributed by atoms with Crippen molar-refractivity contribution in [3.63, 3.8) is 0 Å². The van der Waals surface area contributed by atoms with Crippen LogP contribution in [0.4, 0.5) is 4.79 Å². The van der Waals surface area contributed by atoms with E-state index in [1.165, 1.54) is 0 Å². The number of hydrogen-bond donors (Lipinski definition) is 2. The summed E-state index contributed by atoms with van der Waals surface area (Å²) < 4.78 is 4.74. The van der Waals surface area contributed by atoms with Crippen LogP contribution in [0.25, 0.3) is 0 Å². The number of ether oxygens (including phenoxy) is 1. The van der Waals surface area contributed by atoms with Crippen LogP contribution in [0.5, 0.6) is 0 Å². The van der Waals surface area contributed by atoms with Crippen molar-refractivity contribution in [3.8, 4) is 0 Å². The van der Waals surface area contributed by atoms with Crippen molar-refractivity contribution in [1.82, 2.24) is 20.5 Å². The second-order valence-electron chi connectivity index (χ2n) is 4.80. The normalized spacial score (nSPS) is 11.1. The number of rotatable bonds is 3.